The van der Waals surface area contributed by atoms with Crippen molar-refractivity contribution in [1.29, 1.82) is 0 Å². The summed E-state index contributed by atoms with van der Waals surface area (Å²) in [5.41, 5.74) is 1.07. The topological polar surface area (TPSA) is 117 Å². The average Bonchev–Trinajstić information content (AvgIpc) is 3.42. The summed E-state index contributed by atoms with van der Waals surface area (Å²) in [7, 11) is -4.25. The molecule has 35 heavy (non-hydrogen) atoms. The number of nitrogens with one attached hydrogen (secondary N) is 1. The number of benzene rings is 2. The lowest BCUT2D eigenvalue weighted by Crippen LogP contribution is -2.57. The summed E-state index contributed by atoms with van der Waals surface area (Å²) < 4.78 is 32.0. The number of carbonyl (C=O) groups excluding carboxylic acids is 3. The van der Waals surface area contributed by atoms with E-state index in [-0.39, 0.29) is 48.3 Å². The van der Waals surface area contributed by atoms with Crippen LogP contribution in [0, 0.1) is 6.92 Å². The quantitative estimate of drug-likeness (QED) is 0.560. The lowest BCUT2D eigenvalue weighted by atomic mass is 10.1. The zero-order valence-electron chi connectivity index (χ0n) is 19.1. The van der Waals surface area contributed by atoms with E-state index < -0.39 is 27.0 Å². The van der Waals surface area contributed by atoms with Gasteiger partial charge in [-0.05, 0) is 43.3 Å². The molecule has 0 radical (unpaired) electrons. The van der Waals surface area contributed by atoms with E-state index in [1.165, 1.54) is 28.2 Å². The molecule has 3 aromatic rings. The van der Waals surface area contributed by atoms with Crippen LogP contribution in [0.5, 0.6) is 0 Å². The fourth-order valence-corrected chi connectivity index (χ4v) is 5.34. The lowest BCUT2D eigenvalue weighted by Gasteiger charge is -2.36. The van der Waals surface area contributed by atoms with E-state index in [1.54, 1.807) is 48.5 Å². The minimum absolute atomic E-state index is 0.0745. The van der Waals surface area contributed by atoms with Crippen LogP contribution in [0.25, 0.3) is 0 Å². The number of sulfone groups is 1. The second kappa shape index (κ2) is 10.1. The van der Waals surface area contributed by atoms with Gasteiger partial charge in [0.15, 0.2) is 5.76 Å². The van der Waals surface area contributed by atoms with Gasteiger partial charge in [-0.15, -0.1) is 0 Å². The number of furan rings is 1. The van der Waals surface area contributed by atoms with Crippen molar-refractivity contribution in [3.63, 3.8) is 0 Å². The van der Waals surface area contributed by atoms with Crippen LogP contribution in [0.3, 0.4) is 0 Å². The van der Waals surface area contributed by atoms with Crippen LogP contribution >= 0.6 is 0 Å². The third-order valence-corrected chi connectivity index (χ3v) is 7.63. The normalized spacial score (nSPS) is 14.9. The Hall–Kier alpha value is -3.92. The number of hydrogen-bond acceptors (Lipinski definition) is 6. The predicted octanol–water partition coefficient (Wildman–Crippen LogP) is 2.10. The van der Waals surface area contributed by atoms with Gasteiger partial charge in [-0.25, -0.2) is 8.42 Å². The lowest BCUT2D eigenvalue weighted by molar-refractivity contribution is -0.132. The van der Waals surface area contributed by atoms with E-state index in [0.717, 1.165) is 5.56 Å². The molecule has 9 nitrogen and oxygen atoms in total. The molecule has 10 heteroatoms. The van der Waals surface area contributed by atoms with Gasteiger partial charge in [0.1, 0.15) is 0 Å². The molecule has 182 valence electrons. The summed E-state index contributed by atoms with van der Waals surface area (Å²) >= 11 is 0. The molecule has 2 aromatic carbocycles. The van der Waals surface area contributed by atoms with Gasteiger partial charge >= 0.3 is 0 Å². The van der Waals surface area contributed by atoms with Crippen molar-refractivity contribution in [2.45, 2.75) is 17.2 Å². The molecule has 2 heterocycles. The molecular formula is C25H25N3O6S. The van der Waals surface area contributed by atoms with E-state index in [2.05, 4.69) is 5.32 Å². The first-order chi connectivity index (χ1) is 16.8. The van der Waals surface area contributed by atoms with Gasteiger partial charge in [0, 0.05) is 31.7 Å². The standard InChI is InChI=1S/C25H25N3O6S/c1-18-7-5-8-19(17-18)22(29)26-23(35(32,33)20-9-3-2-4-10-20)25(31)28-14-12-27(13-15-28)24(30)21-11-6-16-34-21/h2-11,16-17,23H,12-15H2,1H3,(H,26,29). The van der Waals surface area contributed by atoms with Gasteiger partial charge in [0.25, 0.3) is 17.7 Å². The Morgan fingerprint density at radius 2 is 1.57 bits per heavy atom. The number of rotatable bonds is 6. The molecule has 4 rings (SSSR count). The van der Waals surface area contributed by atoms with Crippen molar-refractivity contribution in [2.75, 3.05) is 26.2 Å². The molecule has 1 fully saturated rings. The fraction of sp³-hybridized carbons (Fsp3) is 0.240. The van der Waals surface area contributed by atoms with Gasteiger partial charge in [-0.2, -0.15) is 0 Å². The Morgan fingerprint density at radius 3 is 2.20 bits per heavy atom. The van der Waals surface area contributed by atoms with Crippen molar-refractivity contribution >= 4 is 27.6 Å². The molecule has 1 N–H and O–H groups in total. The number of nitrogens with zero attached hydrogens (tertiary/aromatic N) is 2. The molecule has 0 spiro atoms. The number of hydrogen-bond donors (Lipinski definition) is 1. The molecule has 1 aromatic heterocycles. The highest BCUT2D eigenvalue weighted by Crippen LogP contribution is 2.19. The van der Waals surface area contributed by atoms with E-state index >= 15 is 0 Å². The van der Waals surface area contributed by atoms with Crippen LogP contribution in [-0.4, -0.2) is 67.5 Å². The van der Waals surface area contributed by atoms with Crippen molar-refractivity contribution in [3.05, 3.63) is 89.9 Å². The Morgan fingerprint density at radius 1 is 0.886 bits per heavy atom. The number of piperazine rings is 1. The zero-order valence-corrected chi connectivity index (χ0v) is 19.9. The van der Waals surface area contributed by atoms with Crippen molar-refractivity contribution in [2.24, 2.45) is 0 Å². The maximum atomic E-state index is 13.5. The molecule has 1 aliphatic rings. The van der Waals surface area contributed by atoms with Crippen LogP contribution in [0.15, 0.2) is 82.3 Å². The molecule has 0 aliphatic carbocycles. The number of carbonyl (C=O) groups is 3. The Bertz CT molecular complexity index is 1310. The van der Waals surface area contributed by atoms with Crippen LogP contribution in [0.2, 0.25) is 0 Å². The number of amides is 3. The average molecular weight is 496 g/mol. The van der Waals surface area contributed by atoms with E-state index in [9.17, 15) is 22.8 Å². The van der Waals surface area contributed by atoms with Crippen LogP contribution in [-0.2, 0) is 14.6 Å². The van der Waals surface area contributed by atoms with E-state index in [0.29, 0.717) is 0 Å². The van der Waals surface area contributed by atoms with Gasteiger partial charge in [0.05, 0.1) is 11.2 Å². The monoisotopic (exact) mass is 495 g/mol. The van der Waals surface area contributed by atoms with Crippen LogP contribution < -0.4 is 5.32 Å². The maximum absolute atomic E-state index is 13.5. The second-order valence-corrected chi connectivity index (χ2v) is 10.2. The molecular weight excluding hydrogens is 470 g/mol. The zero-order chi connectivity index (χ0) is 25.0. The fourth-order valence-electron chi connectivity index (χ4n) is 3.86. The highest BCUT2D eigenvalue weighted by Gasteiger charge is 2.39. The minimum atomic E-state index is -4.25. The molecule has 3 amide bonds. The highest BCUT2D eigenvalue weighted by molar-refractivity contribution is 7.92. The molecule has 1 atom stereocenters. The van der Waals surface area contributed by atoms with E-state index in [1.807, 2.05) is 13.0 Å². The molecule has 1 aliphatic heterocycles. The van der Waals surface area contributed by atoms with Gasteiger partial charge < -0.3 is 19.5 Å². The summed E-state index contributed by atoms with van der Waals surface area (Å²) in [4.78, 5) is 41.7. The Kier molecular flexibility index (Phi) is 7.02. The third kappa shape index (κ3) is 5.27. The van der Waals surface area contributed by atoms with Gasteiger partial charge in [-0.1, -0.05) is 35.9 Å². The van der Waals surface area contributed by atoms with Crippen molar-refractivity contribution in [1.82, 2.24) is 15.1 Å². The first-order valence-corrected chi connectivity index (χ1v) is 12.6. The molecule has 0 bridgehead atoms. The summed E-state index contributed by atoms with van der Waals surface area (Å²) in [5, 5.41) is 0.624. The van der Waals surface area contributed by atoms with Crippen LogP contribution in [0.4, 0.5) is 0 Å². The third-order valence-electron chi connectivity index (χ3n) is 5.76. The van der Waals surface area contributed by atoms with Gasteiger partial charge in [-0.3, -0.25) is 14.4 Å². The highest BCUT2D eigenvalue weighted by atomic mass is 32.2. The predicted molar refractivity (Wildman–Crippen MR) is 127 cm³/mol. The maximum Gasteiger partial charge on any atom is 0.289 e. The summed E-state index contributed by atoms with van der Waals surface area (Å²) in [6, 6.07) is 17.4. The first-order valence-electron chi connectivity index (χ1n) is 11.1. The Balaban J connectivity index is 1.55. The summed E-state index contributed by atoms with van der Waals surface area (Å²) in [6.45, 7) is 2.45. The number of aryl methyl sites for hydroxylation is 1. The molecule has 0 saturated carbocycles. The summed E-state index contributed by atoms with van der Waals surface area (Å²) in [6.07, 6.45) is 1.41. The Labute approximate surface area is 203 Å². The largest absolute Gasteiger partial charge is 0.459 e. The van der Waals surface area contributed by atoms with Crippen LogP contribution in [0.1, 0.15) is 26.5 Å². The molecule has 1 saturated heterocycles. The summed E-state index contributed by atoms with van der Waals surface area (Å²) in [5.74, 6) is -1.53. The molecule has 1 unspecified atom stereocenters. The van der Waals surface area contributed by atoms with Gasteiger partial charge in [0.2, 0.25) is 15.2 Å². The van der Waals surface area contributed by atoms with Crippen molar-refractivity contribution < 1.29 is 27.2 Å². The minimum Gasteiger partial charge on any atom is -0.459 e. The van der Waals surface area contributed by atoms with Crippen molar-refractivity contribution in [3.8, 4) is 0 Å². The smallest absolute Gasteiger partial charge is 0.289 e. The second-order valence-electron chi connectivity index (χ2n) is 8.18. The first kappa shape index (κ1) is 24.2. The SMILES string of the molecule is Cc1cccc(C(=O)NC(C(=O)N2CCN(C(=O)c3ccco3)CC2)S(=O)(=O)c2ccccc2)c1. The van der Waals surface area contributed by atoms with E-state index in [4.69, 9.17) is 4.42 Å².